The van der Waals surface area contributed by atoms with Gasteiger partial charge in [0.15, 0.2) is 0 Å². The molecule has 1 aliphatic carbocycles. The molecular weight excluding hydrogens is 238 g/mol. The summed E-state index contributed by atoms with van der Waals surface area (Å²) in [6.07, 6.45) is 6.61. The number of benzene rings is 1. The first kappa shape index (κ1) is 13.9. The van der Waals surface area contributed by atoms with Crippen molar-refractivity contribution in [3.63, 3.8) is 0 Å². The van der Waals surface area contributed by atoms with Crippen LogP contribution in [0.1, 0.15) is 51.5 Å². The summed E-state index contributed by atoms with van der Waals surface area (Å²) in [5.41, 5.74) is 1.54. The Hall–Kier alpha value is -1.51. The van der Waals surface area contributed by atoms with Crippen LogP contribution in [0.3, 0.4) is 0 Å². The van der Waals surface area contributed by atoms with Crippen LogP contribution in [-0.4, -0.2) is 17.0 Å². The van der Waals surface area contributed by atoms with Gasteiger partial charge in [0.2, 0.25) is 0 Å². The number of oxime groups is 1. The molecule has 0 spiro atoms. The van der Waals surface area contributed by atoms with Crippen LogP contribution in [0.4, 0.5) is 0 Å². The van der Waals surface area contributed by atoms with Crippen molar-refractivity contribution in [2.45, 2.75) is 52.1 Å². The molecule has 0 radical (unpaired) electrons. The minimum atomic E-state index is 0.359. The highest BCUT2D eigenvalue weighted by Gasteiger charge is 2.25. The van der Waals surface area contributed by atoms with E-state index in [0.717, 1.165) is 17.7 Å². The van der Waals surface area contributed by atoms with E-state index in [-0.39, 0.29) is 0 Å². The molecule has 2 unspecified atom stereocenters. The van der Waals surface area contributed by atoms with Crippen LogP contribution in [0.5, 0.6) is 5.75 Å². The molecule has 1 saturated carbocycles. The molecule has 1 fully saturated rings. The van der Waals surface area contributed by atoms with Gasteiger partial charge in [0.25, 0.3) is 0 Å². The molecule has 1 aliphatic rings. The van der Waals surface area contributed by atoms with Crippen LogP contribution in [0.25, 0.3) is 0 Å². The van der Waals surface area contributed by atoms with Crippen molar-refractivity contribution in [3.8, 4) is 5.75 Å². The molecular formula is C16H23NO2. The van der Waals surface area contributed by atoms with E-state index in [1.165, 1.54) is 25.7 Å². The van der Waals surface area contributed by atoms with Gasteiger partial charge in [-0.1, -0.05) is 18.5 Å². The molecule has 0 heterocycles. The van der Waals surface area contributed by atoms with Gasteiger partial charge in [-0.05, 0) is 68.4 Å². The fourth-order valence-corrected chi connectivity index (χ4v) is 2.80. The largest absolute Gasteiger partial charge is 0.490 e. The lowest BCUT2D eigenvalue weighted by molar-refractivity contribution is 0.0904. The highest BCUT2D eigenvalue weighted by atomic mass is 16.5. The zero-order valence-corrected chi connectivity index (χ0v) is 11.8. The van der Waals surface area contributed by atoms with Crippen LogP contribution in [0.2, 0.25) is 0 Å². The van der Waals surface area contributed by atoms with Crippen molar-refractivity contribution in [1.82, 2.24) is 0 Å². The van der Waals surface area contributed by atoms with Crippen LogP contribution >= 0.6 is 0 Å². The van der Waals surface area contributed by atoms with E-state index in [1.807, 2.05) is 24.3 Å². The molecule has 1 aromatic rings. The van der Waals surface area contributed by atoms with Crippen molar-refractivity contribution >= 4 is 5.71 Å². The third-order valence-corrected chi connectivity index (χ3v) is 4.07. The zero-order valence-electron chi connectivity index (χ0n) is 11.8. The summed E-state index contributed by atoms with van der Waals surface area (Å²) in [5.74, 6) is 1.61. The van der Waals surface area contributed by atoms with E-state index in [9.17, 15) is 0 Å². The molecule has 0 saturated heterocycles. The number of nitrogens with zero attached hydrogens (tertiary/aromatic N) is 1. The topological polar surface area (TPSA) is 41.8 Å². The highest BCUT2D eigenvalue weighted by molar-refractivity contribution is 5.98. The molecule has 1 aromatic carbocycles. The van der Waals surface area contributed by atoms with Gasteiger partial charge in [-0.25, -0.2) is 0 Å². The second kappa shape index (κ2) is 6.60. The fraction of sp³-hybridized carbons (Fsp3) is 0.562. The van der Waals surface area contributed by atoms with Gasteiger partial charge in [-0.3, -0.25) is 0 Å². The van der Waals surface area contributed by atoms with Crippen molar-refractivity contribution in [1.29, 1.82) is 0 Å². The smallest absolute Gasteiger partial charge is 0.119 e. The molecule has 2 atom stereocenters. The predicted octanol–water partition coefficient (Wildman–Crippen LogP) is 4.23. The molecule has 104 valence electrons. The maximum absolute atomic E-state index is 8.74. The van der Waals surface area contributed by atoms with Gasteiger partial charge in [0.1, 0.15) is 11.9 Å². The van der Waals surface area contributed by atoms with E-state index >= 15 is 0 Å². The SMILES string of the molecule is CCC1CCCCC1Oc1ccc(C(C)=NO)cc1. The Morgan fingerprint density at radius 2 is 1.95 bits per heavy atom. The number of hydrogen-bond donors (Lipinski definition) is 1. The summed E-state index contributed by atoms with van der Waals surface area (Å²) in [4.78, 5) is 0. The van der Waals surface area contributed by atoms with Gasteiger partial charge < -0.3 is 9.94 Å². The van der Waals surface area contributed by atoms with Crippen LogP contribution in [0, 0.1) is 5.92 Å². The molecule has 0 aromatic heterocycles. The molecule has 0 amide bonds. The van der Waals surface area contributed by atoms with E-state index in [4.69, 9.17) is 9.94 Å². The average Bonchev–Trinajstić information content (AvgIpc) is 2.48. The Morgan fingerprint density at radius 1 is 1.26 bits per heavy atom. The van der Waals surface area contributed by atoms with Crippen LogP contribution in [-0.2, 0) is 0 Å². The quantitative estimate of drug-likeness (QED) is 0.500. The number of ether oxygens (including phenoxy) is 1. The lowest BCUT2D eigenvalue weighted by Crippen LogP contribution is -2.29. The van der Waals surface area contributed by atoms with E-state index in [1.54, 1.807) is 6.92 Å². The van der Waals surface area contributed by atoms with Gasteiger partial charge in [-0.15, -0.1) is 0 Å². The first-order chi connectivity index (χ1) is 9.24. The lowest BCUT2D eigenvalue weighted by Gasteiger charge is -2.31. The third-order valence-electron chi connectivity index (χ3n) is 4.07. The molecule has 3 heteroatoms. The second-order valence-corrected chi connectivity index (χ2v) is 5.32. The summed E-state index contributed by atoms with van der Waals surface area (Å²) >= 11 is 0. The molecule has 3 nitrogen and oxygen atoms in total. The summed E-state index contributed by atoms with van der Waals surface area (Å²) in [7, 11) is 0. The maximum Gasteiger partial charge on any atom is 0.119 e. The molecule has 0 bridgehead atoms. The van der Waals surface area contributed by atoms with Gasteiger partial charge in [-0.2, -0.15) is 0 Å². The Kier molecular flexibility index (Phi) is 4.83. The first-order valence-corrected chi connectivity index (χ1v) is 7.20. The second-order valence-electron chi connectivity index (χ2n) is 5.32. The Bertz CT molecular complexity index is 425. The van der Waals surface area contributed by atoms with Gasteiger partial charge in [0.05, 0.1) is 5.71 Å². The minimum Gasteiger partial charge on any atom is -0.490 e. The summed E-state index contributed by atoms with van der Waals surface area (Å²) < 4.78 is 6.12. The van der Waals surface area contributed by atoms with E-state index in [2.05, 4.69) is 12.1 Å². The van der Waals surface area contributed by atoms with Crippen LogP contribution in [0.15, 0.2) is 29.4 Å². The van der Waals surface area contributed by atoms with Crippen molar-refractivity contribution in [2.24, 2.45) is 11.1 Å². The predicted molar refractivity (Wildman–Crippen MR) is 77.1 cm³/mol. The third kappa shape index (κ3) is 3.49. The summed E-state index contributed by atoms with van der Waals surface area (Å²) in [6, 6.07) is 7.80. The van der Waals surface area contributed by atoms with E-state index < -0.39 is 0 Å². The van der Waals surface area contributed by atoms with Crippen molar-refractivity contribution in [2.75, 3.05) is 0 Å². The fourth-order valence-electron chi connectivity index (χ4n) is 2.80. The highest BCUT2D eigenvalue weighted by Crippen LogP contribution is 2.30. The van der Waals surface area contributed by atoms with Gasteiger partial charge >= 0.3 is 0 Å². The Morgan fingerprint density at radius 3 is 2.58 bits per heavy atom. The Labute approximate surface area is 115 Å². The molecule has 0 aliphatic heterocycles. The average molecular weight is 261 g/mol. The van der Waals surface area contributed by atoms with E-state index in [0.29, 0.717) is 17.7 Å². The Balaban J connectivity index is 2.02. The normalized spacial score (nSPS) is 24.2. The van der Waals surface area contributed by atoms with Gasteiger partial charge in [0, 0.05) is 0 Å². The summed E-state index contributed by atoms with van der Waals surface area (Å²) in [6.45, 7) is 4.03. The minimum absolute atomic E-state index is 0.359. The standard InChI is InChI=1S/C16H23NO2/c1-3-13-6-4-5-7-16(13)19-15-10-8-14(9-11-15)12(2)17-18/h8-11,13,16,18H,3-7H2,1-2H3. The molecule has 19 heavy (non-hydrogen) atoms. The number of rotatable bonds is 4. The monoisotopic (exact) mass is 261 g/mol. The van der Waals surface area contributed by atoms with Crippen molar-refractivity contribution in [3.05, 3.63) is 29.8 Å². The molecule has 2 rings (SSSR count). The summed E-state index contributed by atoms with van der Waals surface area (Å²) in [5, 5.41) is 11.9. The number of hydrogen-bond acceptors (Lipinski definition) is 3. The van der Waals surface area contributed by atoms with Crippen molar-refractivity contribution < 1.29 is 9.94 Å². The first-order valence-electron chi connectivity index (χ1n) is 7.20. The van der Waals surface area contributed by atoms with Crippen LogP contribution < -0.4 is 4.74 Å². The maximum atomic E-state index is 8.74. The zero-order chi connectivity index (χ0) is 13.7. The lowest BCUT2D eigenvalue weighted by atomic mass is 9.85. The molecule has 1 N–H and O–H groups in total.